The minimum absolute atomic E-state index is 0.104. The van der Waals surface area contributed by atoms with Gasteiger partial charge >= 0.3 is 0 Å². The molecule has 0 bridgehead atoms. The van der Waals surface area contributed by atoms with Gasteiger partial charge < -0.3 is 24.1 Å². The third-order valence-corrected chi connectivity index (χ3v) is 6.78. The van der Waals surface area contributed by atoms with E-state index in [0.717, 1.165) is 16.7 Å². The number of nitrogens with zero attached hydrogens (tertiary/aromatic N) is 1. The number of pyridine rings is 1. The maximum absolute atomic E-state index is 15.5. The summed E-state index contributed by atoms with van der Waals surface area (Å²) in [6, 6.07) is 31.8. The Kier molecular flexibility index (Phi) is 8.64. The molecule has 4 aromatic rings. The fourth-order valence-corrected chi connectivity index (χ4v) is 4.74. The van der Waals surface area contributed by atoms with Gasteiger partial charge in [0.05, 0.1) is 24.9 Å². The first kappa shape index (κ1) is 27.0. The van der Waals surface area contributed by atoms with E-state index in [4.69, 9.17) is 18.9 Å². The largest absolute Gasteiger partial charge is 0.473 e. The first-order valence-electron chi connectivity index (χ1n) is 13.1. The quantitative estimate of drug-likeness (QED) is 0.243. The molecule has 1 saturated heterocycles. The van der Waals surface area contributed by atoms with Gasteiger partial charge in [-0.2, -0.15) is 9.37 Å². The smallest absolute Gasteiger partial charge is 0.227 e. The van der Waals surface area contributed by atoms with Crippen molar-refractivity contribution in [2.75, 3.05) is 0 Å². The topological polar surface area (TPSA) is 70.0 Å². The molecule has 5 rings (SSSR count). The number of aromatic nitrogens is 1. The van der Waals surface area contributed by atoms with Crippen molar-refractivity contribution in [2.24, 2.45) is 0 Å². The first-order chi connectivity index (χ1) is 19.1. The Morgan fingerprint density at radius 1 is 0.769 bits per heavy atom. The van der Waals surface area contributed by atoms with Gasteiger partial charge in [0.1, 0.15) is 18.8 Å². The van der Waals surface area contributed by atoms with Gasteiger partial charge in [0.15, 0.2) is 0 Å². The van der Waals surface area contributed by atoms with Crippen LogP contribution in [0.15, 0.2) is 103 Å². The minimum atomic E-state index is -2.12. The van der Waals surface area contributed by atoms with Crippen LogP contribution in [-0.4, -0.2) is 28.4 Å². The molecule has 2 heterocycles. The maximum Gasteiger partial charge on any atom is 0.227 e. The summed E-state index contributed by atoms with van der Waals surface area (Å²) in [5, 5.41) is 11.9. The molecule has 0 radical (unpaired) electrons. The van der Waals surface area contributed by atoms with Crippen LogP contribution in [0.5, 0.6) is 5.88 Å². The summed E-state index contributed by atoms with van der Waals surface area (Å²) in [4.78, 5) is 3.97. The second-order valence-electron chi connectivity index (χ2n) is 9.50. The molecule has 39 heavy (non-hydrogen) atoms. The van der Waals surface area contributed by atoms with Crippen LogP contribution in [0.3, 0.4) is 0 Å². The summed E-state index contributed by atoms with van der Waals surface area (Å²) in [7, 11) is 0. The Labute approximate surface area is 228 Å². The molecule has 0 amide bonds. The van der Waals surface area contributed by atoms with Gasteiger partial charge in [-0.3, -0.25) is 0 Å². The molecule has 1 fully saturated rings. The van der Waals surface area contributed by atoms with Crippen LogP contribution in [0, 0.1) is 5.95 Å². The standard InChI is InChI=1S/C32H32FNO5/c1-2-27-29(37-21-24-14-8-4-9-15-24)30(38-22-25-16-10-5-11-17-25)32(35,39-27)26-18-19-28(34-31(26)33)36-20-23-12-6-3-7-13-23/h3-19,27,29-30,35H,2,20-22H2,1H3/t27-,29?,30+,32+/m1/s1. The second kappa shape index (κ2) is 12.5. The fraction of sp³-hybridized carbons (Fsp3) is 0.281. The van der Waals surface area contributed by atoms with Gasteiger partial charge in [-0.05, 0) is 29.2 Å². The molecule has 0 aliphatic carbocycles. The summed E-state index contributed by atoms with van der Waals surface area (Å²) >= 11 is 0. The van der Waals surface area contributed by atoms with Crippen LogP contribution in [-0.2, 0) is 39.8 Å². The fourth-order valence-electron chi connectivity index (χ4n) is 4.74. The SMILES string of the molecule is CC[C@H]1O[C@@](O)(c2ccc(OCc3ccccc3)nc2F)[C@@H](OCc2ccccc2)C1OCc1ccccc1. The van der Waals surface area contributed by atoms with Gasteiger partial charge in [0.2, 0.25) is 17.6 Å². The van der Waals surface area contributed by atoms with Gasteiger partial charge in [-0.1, -0.05) is 97.9 Å². The lowest BCUT2D eigenvalue weighted by Gasteiger charge is -2.31. The average Bonchev–Trinajstić information content (AvgIpc) is 3.26. The minimum Gasteiger partial charge on any atom is -0.473 e. The van der Waals surface area contributed by atoms with E-state index in [0.29, 0.717) is 13.0 Å². The molecule has 4 atom stereocenters. The van der Waals surface area contributed by atoms with Crippen LogP contribution in [0.4, 0.5) is 4.39 Å². The number of halogens is 1. The lowest BCUT2D eigenvalue weighted by molar-refractivity contribution is -0.251. The molecule has 1 unspecified atom stereocenters. The van der Waals surface area contributed by atoms with Crippen LogP contribution in [0.2, 0.25) is 0 Å². The van der Waals surface area contributed by atoms with Crippen molar-refractivity contribution in [2.45, 2.75) is 57.3 Å². The molecule has 0 spiro atoms. The Morgan fingerprint density at radius 3 is 1.85 bits per heavy atom. The first-order valence-corrected chi connectivity index (χ1v) is 13.1. The number of aliphatic hydroxyl groups is 1. The van der Waals surface area contributed by atoms with Crippen LogP contribution >= 0.6 is 0 Å². The summed E-state index contributed by atoms with van der Waals surface area (Å²) in [5.41, 5.74) is 2.68. The van der Waals surface area contributed by atoms with Crippen LogP contribution < -0.4 is 4.74 Å². The highest BCUT2D eigenvalue weighted by Crippen LogP contribution is 2.43. The molecule has 1 N–H and O–H groups in total. The summed E-state index contributed by atoms with van der Waals surface area (Å²) < 4.78 is 39.8. The van der Waals surface area contributed by atoms with Crippen molar-refractivity contribution in [1.29, 1.82) is 0 Å². The molecule has 3 aromatic carbocycles. The molecule has 202 valence electrons. The highest BCUT2D eigenvalue weighted by Gasteiger charge is 2.57. The Hall–Kier alpha value is -3.62. The molecule has 1 aromatic heterocycles. The highest BCUT2D eigenvalue weighted by atomic mass is 19.1. The molecule has 6 nitrogen and oxygen atoms in total. The Bertz CT molecular complexity index is 1320. The van der Waals surface area contributed by atoms with Crippen molar-refractivity contribution in [3.8, 4) is 5.88 Å². The van der Waals surface area contributed by atoms with Crippen LogP contribution in [0.25, 0.3) is 0 Å². The summed E-state index contributed by atoms with van der Waals surface area (Å²) in [6.07, 6.45) is -1.68. The zero-order valence-electron chi connectivity index (χ0n) is 21.8. The third-order valence-electron chi connectivity index (χ3n) is 6.78. The van der Waals surface area contributed by atoms with E-state index in [1.54, 1.807) is 0 Å². The number of hydrogen-bond donors (Lipinski definition) is 1. The Balaban J connectivity index is 1.40. The molecule has 7 heteroatoms. The second-order valence-corrected chi connectivity index (χ2v) is 9.50. The van der Waals surface area contributed by atoms with E-state index >= 15 is 4.39 Å². The maximum atomic E-state index is 15.5. The lowest BCUT2D eigenvalue weighted by Crippen LogP contribution is -2.44. The number of rotatable bonds is 11. The van der Waals surface area contributed by atoms with E-state index in [2.05, 4.69) is 4.98 Å². The van der Waals surface area contributed by atoms with E-state index in [1.807, 2.05) is 97.9 Å². The molecule has 0 saturated carbocycles. The highest BCUT2D eigenvalue weighted by molar-refractivity contribution is 5.27. The predicted octanol–water partition coefficient (Wildman–Crippen LogP) is 5.92. The van der Waals surface area contributed by atoms with Gasteiger partial charge in [-0.25, -0.2) is 0 Å². The van der Waals surface area contributed by atoms with Crippen molar-refractivity contribution in [3.63, 3.8) is 0 Å². The summed E-state index contributed by atoms with van der Waals surface area (Å²) in [5.74, 6) is -2.91. The molecule has 1 aliphatic heterocycles. The molecular formula is C32H32FNO5. The van der Waals surface area contributed by atoms with Crippen molar-refractivity contribution < 1.29 is 28.4 Å². The lowest BCUT2D eigenvalue weighted by atomic mass is 9.97. The molecular weight excluding hydrogens is 497 g/mol. The third kappa shape index (κ3) is 6.34. The van der Waals surface area contributed by atoms with E-state index in [-0.39, 0.29) is 24.7 Å². The van der Waals surface area contributed by atoms with Crippen molar-refractivity contribution >= 4 is 0 Å². The van der Waals surface area contributed by atoms with Crippen LogP contribution in [0.1, 0.15) is 35.6 Å². The zero-order valence-corrected chi connectivity index (χ0v) is 21.8. The van der Waals surface area contributed by atoms with Gasteiger partial charge in [-0.15, -0.1) is 0 Å². The summed E-state index contributed by atoms with van der Waals surface area (Å²) in [6.45, 7) is 2.65. The Morgan fingerprint density at radius 2 is 1.31 bits per heavy atom. The predicted molar refractivity (Wildman–Crippen MR) is 144 cm³/mol. The zero-order chi connectivity index (χ0) is 27.1. The average molecular weight is 530 g/mol. The van der Waals surface area contributed by atoms with E-state index < -0.39 is 30.0 Å². The number of benzene rings is 3. The normalized spacial score (nSPS) is 22.6. The van der Waals surface area contributed by atoms with Gasteiger partial charge in [0, 0.05) is 6.07 Å². The number of ether oxygens (including phenoxy) is 4. The van der Waals surface area contributed by atoms with Crippen molar-refractivity contribution in [3.05, 3.63) is 131 Å². The van der Waals surface area contributed by atoms with E-state index in [1.165, 1.54) is 12.1 Å². The number of hydrogen-bond acceptors (Lipinski definition) is 6. The van der Waals surface area contributed by atoms with E-state index in [9.17, 15) is 5.11 Å². The molecule has 1 aliphatic rings. The monoisotopic (exact) mass is 529 g/mol. The van der Waals surface area contributed by atoms with Gasteiger partial charge in [0.25, 0.3) is 0 Å². The van der Waals surface area contributed by atoms with Crippen molar-refractivity contribution in [1.82, 2.24) is 4.98 Å².